The van der Waals surface area contributed by atoms with Gasteiger partial charge in [0.05, 0.1) is 0 Å². The highest BCUT2D eigenvalue weighted by Gasteiger charge is 2.19. The molecule has 0 spiro atoms. The fourth-order valence-corrected chi connectivity index (χ4v) is 0.627. The van der Waals surface area contributed by atoms with Crippen LogP contribution in [0.25, 0.3) is 0 Å². The van der Waals surface area contributed by atoms with Crippen molar-refractivity contribution in [1.82, 2.24) is 15.3 Å². The van der Waals surface area contributed by atoms with Crippen LogP contribution in [0.5, 0.6) is 0 Å². The van der Waals surface area contributed by atoms with E-state index >= 15 is 0 Å². The zero-order chi connectivity index (χ0) is 10.4. The average molecular weight is 183 g/mol. The molecule has 0 radical (unpaired) electrons. The van der Waals surface area contributed by atoms with Crippen molar-refractivity contribution in [2.75, 3.05) is 14.1 Å². The molecule has 0 aromatic rings. The van der Waals surface area contributed by atoms with E-state index in [1.165, 1.54) is 25.2 Å². The summed E-state index contributed by atoms with van der Waals surface area (Å²) in [5, 5.41) is 0.828. The number of urea groups is 1. The van der Waals surface area contributed by atoms with Crippen LogP contribution in [0.2, 0.25) is 0 Å². The van der Waals surface area contributed by atoms with E-state index in [1.807, 2.05) is 0 Å². The molecule has 0 saturated heterocycles. The minimum absolute atomic E-state index is 0.512. The number of hydrogen-bond acceptors (Lipinski definition) is 3. The number of hydrogen-bond donors (Lipinski definition) is 1. The lowest BCUT2D eigenvalue weighted by molar-refractivity contribution is -0.125. The Balaban J connectivity index is 4.58. The largest absolute Gasteiger partial charge is 0.345 e. The SMILES string of the molecule is C=CC(=O)N(NC)C(=O)N(C)C=C. The van der Waals surface area contributed by atoms with Crippen molar-refractivity contribution < 1.29 is 9.59 Å². The first-order valence-electron chi connectivity index (χ1n) is 3.61. The third-order valence-electron chi connectivity index (χ3n) is 1.39. The van der Waals surface area contributed by atoms with Crippen LogP contribution in [0.15, 0.2) is 25.4 Å². The maximum absolute atomic E-state index is 11.4. The summed E-state index contributed by atoms with van der Waals surface area (Å²) in [7, 11) is 2.96. The van der Waals surface area contributed by atoms with Gasteiger partial charge in [-0.15, -0.1) is 0 Å². The number of nitrogens with zero attached hydrogens (tertiary/aromatic N) is 2. The number of carbonyl (C=O) groups excluding carboxylic acids is 2. The molecular weight excluding hydrogens is 170 g/mol. The highest BCUT2D eigenvalue weighted by molar-refractivity contribution is 5.99. The van der Waals surface area contributed by atoms with Gasteiger partial charge in [0.1, 0.15) is 0 Å². The van der Waals surface area contributed by atoms with Crippen LogP contribution in [-0.4, -0.2) is 35.9 Å². The number of carbonyl (C=O) groups is 2. The lowest BCUT2D eigenvalue weighted by Gasteiger charge is -2.21. The van der Waals surface area contributed by atoms with Gasteiger partial charge in [-0.3, -0.25) is 4.79 Å². The summed E-state index contributed by atoms with van der Waals surface area (Å²) in [5.74, 6) is -0.513. The molecule has 13 heavy (non-hydrogen) atoms. The smallest absolute Gasteiger partial charge is 0.303 e. The number of imide groups is 1. The van der Waals surface area contributed by atoms with E-state index in [2.05, 4.69) is 18.6 Å². The lowest BCUT2D eigenvalue weighted by Crippen LogP contribution is -2.48. The zero-order valence-corrected chi connectivity index (χ0v) is 7.78. The number of nitrogens with one attached hydrogen (secondary N) is 1. The third-order valence-corrected chi connectivity index (χ3v) is 1.39. The number of rotatable bonds is 3. The van der Waals surface area contributed by atoms with E-state index in [1.54, 1.807) is 0 Å². The van der Waals surface area contributed by atoms with E-state index in [9.17, 15) is 9.59 Å². The van der Waals surface area contributed by atoms with E-state index < -0.39 is 11.9 Å². The van der Waals surface area contributed by atoms with E-state index in [4.69, 9.17) is 0 Å². The van der Waals surface area contributed by atoms with Crippen LogP contribution in [0.4, 0.5) is 4.79 Å². The van der Waals surface area contributed by atoms with E-state index in [-0.39, 0.29) is 0 Å². The van der Waals surface area contributed by atoms with Gasteiger partial charge < -0.3 is 4.90 Å². The minimum Gasteiger partial charge on any atom is -0.303 e. The van der Waals surface area contributed by atoms with Crippen LogP contribution >= 0.6 is 0 Å². The second-order valence-corrected chi connectivity index (χ2v) is 2.18. The van der Waals surface area contributed by atoms with Crippen LogP contribution in [0.1, 0.15) is 0 Å². The summed E-state index contributed by atoms with van der Waals surface area (Å²) >= 11 is 0. The van der Waals surface area contributed by atoms with Gasteiger partial charge in [0.25, 0.3) is 5.91 Å². The van der Waals surface area contributed by atoms with Gasteiger partial charge >= 0.3 is 6.03 Å². The molecule has 0 rings (SSSR count). The Morgan fingerprint density at radius 1 is 1.38 bits per heavy atom. The Morgan fingerprint density at radius 2 is 1.92 bits per heavy atom. The van der Waals surface area contributed by atoms with Gasteiger partial charge in [0, 0.05) is 20.3 Å². The fraction of sp³-hybridized carbons (Fsp3) is 0.250. The van der Waals surface area contributed by atoms with Crippen LogP contribution in [-0.2, 0) is 4.79 Å². The molecule has 0 aromatic carbocycles. The van der Waals surface area contributed by atoms with E-state index in [0.29, 0.717) is 0 Å². The molecule has 0 aliphatic rings. The molecule has 0 heterocycles. The highest BCUT2D eigenvalue weighted by atomic mass is 16.2. The lowest BCUT2D eigenvalue weighted by atomic mass is 10.5. The molecule has 0 aliphatic heterocycles. The topological polar surface area (TPSA) is 52.7 Å². The maximum atomic E-state index is 11.4. The van der Waals surface area contributed by atoms with Crippen LogP contribution < -0.4 is 5.43 Å². The molecule has 0 saturated carbocycles. The predicted molar refractivity (Wildman–Crippen MR) is 49.5 cm³/mol. The molecule has 5 nitrogen and oxygen atoms in total. The molecule has 0 aromatic heterocycles. The Morgan fingerprint density at radius 3 is 2.23 bits per heavy atom. The summed E-state index contributed by atoms with van der Waals surface area (Å²) in [6, 6.07) is -0.512. The quantitative estimate of drug-likeness (QED) is 0.506. The second-order valence-electron chi connectivity index (χ2n) is 2.18. The number of amides is 3. The molecule has 0 atom stereocenters. The number of hydrazine groups is 1. The molecule has 0 aliphatic carbocycles. The van der Waals surface area contributed by atoms with Crippen LogP contribution in [0, 0.1) is 0 Å². The standard InChI is InChI=1S/C8H13N3O2/c1-5-7(12)11(9-3)8(13)10(4)6-2/h5-6,9H,1-2H2,3-4H3. The Kier molecular flexibility index (Phi) is 4.47. The first-order chi connectivity index (χ1) is 6.08. The second kappa shape index (κ2) is 5.10. The molecule has 1 N–H and O–H groups in total. The monoisotopic (exact) mass is 183 g/mol. The van der Waals surface area contributed by atoms with Gasteiger partial charge in [-0.2, -0.15) is 5.01 Å². The van der Waals surface area contributed by atoms with Crippen molar-refractivity contribution in [2.45, 2.75) is 0 Å². The third kappa shape index (κ3) is 2.72. The van der Waals surface area contributed by atoms with Gasteiger partial charge in [-0.05, 0) is 6.08 Å². The van der Waals surface area contributed by atoms with Crippen LogP contribution in [0.3, 0.4) is 0 Å². The predicted octanol–water partition coefficient (Wildman–Crippen LogP) is 0.331. The van der Waals surface area contributed by atoms with E-state index in [0.717, 1.165) is 11.1 Å². The van der Waals surface area contributed by atoms with Gasteiger partial charge in [0.15, 0.2) is 0 Å². The van der Waals surface area contributed by atoms with Gasteiger partial charge in [-0.1, -0.05) is 13.2 Å². The molecule has 3 amide bonds. The average Bonchev–Trinajstić information content (AvgIpc) is 2.17. The fourth-order valence-electron chi connectivity index (χ4n) is 0.627. The Hall–Kier alpha value is -1.62. The first-order valence-corrected chi connectivity index (χ1v) is 3.61. The zero-order valence-electron chi connectivity index (χ0n) is 7.78. The molecule has 0 bridgehead atoms. The Bertz CT molecular complexity index is 238. The van der Waals surface area contributed by atoms with Gasteiger partial charge in [0.2, 0.25) is 0 Å². The van der Waals surface area contributed by atoms with Crippen molar-refractivity contribution in [3.05, 3.63) is 25.4 Å². The molecular formula is C8H13N3O2. The molecule has 72 valence electrons. The summed E-state index contributed by atoms with van der Waals surface area (Å²) in [4.78, 5) is 23.6. The summed E-state index contributed by atoms with van der Waals surface area (Å²) in [6.45, 7) is 6.67. The van der Waals surface area contributed by atoms with Gasteiger partial charge in [-0.25, -0.2) is 10.2 Å². The van der Waals surface area contributed by atoms with Crippen molar-refractivity contribution >= 4 is 11.9 Å². The summed E-state index contributed by atoms with van der Waals surface area (Å²) in [6.07, 6.45) is 2.36. The maximum Gasteiger partial charge on any atom is 0.345 e. The van der Waals surface area contributed by atoms with Crippen molar-refractivity contribution in [3.63, 3.8) is 0 Å². The normalized spacial score (nSPS) is 8.77. The van der Waals surface area contributed by atoms with Crippen molar-refractivity contribution in [1.29, 1.82) is 0 Å². The highest BCUT2D eigenvalue weighted by Crippen LogP contribution is 1.94. The molecule has 0 unspecified atom stereocenters. The van der Waals surface area contributed by atoms with Crippen molar-refractivity contribution in [2.24, 2.45) is 0 Å². The van der Waals surface area contributed by atoms with Crippen molar-refractivity contribution in [3.8, 4) is 0 Å². The molecule has 5 heteroatoms. The summed E-state index contributed by atoms with van der Waals surface area (Å²) in [5.41, 5.74) is 2.44. The Labute approximate surface area is 77.3 Å². The molecule has 0 fully saturated rings. The minimum atomic E-state index is -0.513. The summed E-state index contributed by atoms with van der Waals surface area (Å²) < 4.78 is 0. The first kappa shape index (κ1) is 11.4.